The van der Waals surface area contributed by atoms with Gasteiger partial charge in [-0.3, -0.25) is 9.59 Å². The lowest BCUT2D eigenvalue weighted by Gasteiger charge is -2.17. The molecule has 112 valence electrons. The number of nitrogens with one attached hydrogen (secondary N) is 2. The van der Waals surface area contributed by atoms with Crippen LogP contribution in [0.15, 0.2) is 10.6 Å². The topological polar surface area (TPSA) is 110 Å². The van der Waals surface area contributed by atoms with E-state index in [1.54, 1.807) is 19.9 Å². The smallest absolute Gasteiger partial charge is 0.247 e. The quantitative estimate of drug-likeness (QED) is 0.714. The fourth-order valence-corrected chi connectivity index (χ4v) is 1.66. The summed E-state index contributed by atoms with van der Waals surface area (Å²) in [6.45, 7) is 7.27. The molecule has 2 amide bonds. The Labute approximate surface area is 118 Å². The first-order valence-electron chi connectivity index (χ1n) is 6.59. The van der Waals surface area contributed by atoms with Crippen molar-refractivity contribution in [3.05, 3.63) is 11.8 Å². The third-order valence-electron chi connectivity index (χ3n) is 2.69. The van der Waals surface area contributed by atoms with Crippen LogP contribution in [0.5, 0.6) is 0 Å². The lowest BCUT2D eigenvalue weighted by molar-refractivity contribution is -0.127. The maximum Gasteiger partial charge on any atom is 0.247 e. The van der Waals surface area contributed by atoms with Crippen molar-refractivity contribution in [2.75, 3.05) is 5.32 Å². The Morgan fingerprint density at radius 2 is 2.00 bits per heavy atom. The molecule has 0 aliphatic carbocycles. The molecule has 4 N–H and O–H groups in total. The van der Waals surface area contributed by atoms with Crippen LogP contribution >= 0.6 is 0 Å². The summed E-state index contributed by atoms with van der Waals surface area (Å²) in [5, 5.41) is 8.77. The number of aryl methyl sites for hydroxylation is 1. The number of carbonyl (C=O) groups excluding carboxylic acids is 2. The zero-order valence-corrected chi connectivity index (χ0v) is 12.3. The van der Waals surface area contributed by atoms with E-state index in [9.17, 15) is 9.59 Å². The van der Waals surface area contributed by atoms with Crippen LogP contribution in [0.1, 0.15) is 33.0 Å². The van der Waals surface area contributed by atoms with Gasteiger partial charge in [0.15, 0.2) is 5.82 Å². The third-order valence-corrected chi connectivity index (χ3v) is 2.69. The van der Waals surface area contributed by atoms with Crippen molar-refractivity contribution in [2.45, 2.75) is 46.2 Å². The summed E-state index contributed by atoms with van der Waals surface area (Å²) in [6.07, 6.45) is 0.572. The molecular weight excluding hydrogens is 260 g/mol. The number of rotatable bonds is 6. The fourth-order valence-electron chi connectivity index (χ4n) is 1.66. The molecule has 0 unspecified atom stereocenters. The Hall–Kier alpha value is -1.89. The molecule has 1 rings (SSSR count). The second kappa shape index (κ2) is 7.04. The van der Waals surface area contributed by atoms with Crippen LogP contribution in [0.3, 0.4) is 0 Å². The largest absolute Gasteiger partial charge is 0.360 e. The number of anilines is 1. The van der Waals surface area contributed by atoms with Gasteiger partial charge in [-0.15, -0.1) is 0 Å². The van der Waals surface area contributed by atoms with E-state index >= 15 is 0 Å². The van der Waals surface area contributed by atoms with E-state index in [4.69, 9.17) is 10.3 Å². The highest BCUT2D eigenvalue weighted by atomic mass is 16.5. The van der Waals surface area contributed by atoms with Crippen LogP contribution in [-0.4, -0.2) is 29.1 Å². The van der Waals surface area contributed by atoms with Crippen molar-refractivity contribution in [3.63, 3.8) is 0 Å². The molecule has 20 heavy (non-hydrogen) atoms. The molecule has 2 atom stereocenters. The predicted molar refractivity (Wildman–Crippen MR) is 74.9 cm³/mol. The van der Waals surface area contributed by atoms with Gasteiger partial charge in [-0.2, -0.15) is 0 Å². The number of amides is 2. The Kier molecular flexibility index (Phi) is 5.69. The lowest BCUT2D eigenvalue weighted by atomic mass is 10.0. The van der Waals surface area contributed by atoms with Gasteiger partial charge < -0.3 is 20.9 Å². The molecule has 7 nitrogen and oxygen atoms in total. The number of carbonyl (C=O) groups is 2. The Balaban J connectivity index is 2.47. The highest BCUT2D eigenvalue weighted by molar-refractivity contribution is 5.96. The van der Waals surface area contributed by atoms with Gasteiger partial charge in [0.1, 0.15) is 11.8 Å². The van der Waals surface area contributed by atoms with Gasteiger partial charge in [-0.05, 0) is 26.2 Å². The van der Waals surface area contributed by atoms with Crippen molar-refractivity contribution in [3.8, 4) is 0 Å². The molecule has 0 radical (unpaired) electrons. The average Bonchev–Trinajstić information content (AvgIpc) is 2.73. The molecule has 0 aromatic carbocycles. The van der Waals surface area contributed by atoms with Gasteiger partial charge in [-0.1, -0.05) is 19.0 Å². The zero-order chi connectivity index (χ0) is 15.3. The van der Waals surface area contributed by atoms with Crippen LogP contribution < -0.4 is 16.4 Å². The van der Waals surface area contributed by atoms with E-state index in [2.05, 4.69) is 15.8 Å². The molecule has 1 aromatic rings. The summed E-state index contributed by atoms with van der Waals surface area (Å²) in [6, 6.07) is 0.286. The van der Waals surface area contributed by atoms with Crippen LogP contribution in [0.4, 0.5) is 5.82 Å². The maximum atomic E-state index is 11.9. The summed E-state index contributed by atoms with van der Waals surface area (Å²) < 4.78 is 4.84. The number of aromatic nitrogens is 1. The van der Waals surface area contributed by atoms with Gasteiger partial charge in [0.05, 0.1) is 6.04 Å². The summed E-state index contributed by atoms with van der Waals surface area (Å²) in [7, 11) is 0. The van der Waals surface area contributed by atoms with Gasteiger partial charge in [0.2, 0.25) is 11.8 Å². The molecule has 0 saturated heterocycles. The van der Waals surface area contributed by atoms with Crippen LogP contribution in [0, 0.1) is 12.8 Å². The molecule has 7 heteroatoms. The monoisotopic (exact) mass is 282 g/mol. The third kappa shape index (κ3) is 5.00. The molecule has 0 saturated carbocycles. The second-order valence-electron chi connectivity index (χ2n) is 5.28. The van der Waals surface area contributed by atoms with E-state index < -0.39 is 12.1 Å². The van der Waals surface area contributed by atoms with Crippen molar-refractivity contribution in [1.29, 1.82) is 0 Å². The predicted octanol–water partition coefficient (Wildman–Crippen LogP) is 0.800. The van der Waals surface area contributed by atoms with E-state index in [1.807, 2.05) is 13.8 Å². The lowest BCUT2D eigenvalue weighted by Crippen LogP contribution is -2.49. The minimum absolute atomic E-state index is 0.318. The van der Waals surface area contributed by atoms with E-state index in [-0.39, 0.29) is 11.8 Å². The minimum atomic E-state index is -0.697. The van der Waals surface area contributed by atoms with E-state index in [0.29, 0.717) is 23.9 Å². The van der Waals surface area contributed by atoms with Crippen LogP contribution in [0.25, 0.3) is 0 Å². The first-order valence-corrected chi connectivity index (χ1v) is 6.59. The first-order chi connectivity index (χ1) is 9.29. The summed E-state index contributed by atoms with van der Waals surface area (Å²) in [4.78, 5) is 23.7. The normalized spacial score (nSPS) is 13.9. The Morgan fingerprint density at radius 1 is 1.35 bits per heavy atom. The van der Waals surface area contributed by atoms with E-state index in [1.165, 1.54) is 0 Å². The number of hydrogen-bond donors (Lipinski definition) is 3. The standard InChI is InChI=1S/C13H22N4O3/c1-7(2)5-10(14)13(19)15-9(4)12(18)16-11-6-8(3)20-17-11/h6-7,9-10H,5,14H2,1-4H3,(H,15,19)(H,16,17,18)/t9-,10-/m0/s1. The molecule has 0 spiro atoms. The van der Waals surface area contributed by atoms with Gasteiger partial charge in [0.25, 0.3) is 0 Å². The highest BCUT2D eigenvalue weighted by Gasteiger charge is 2.21. The highest BCUT2D eigenvalue weighted by Crippen LogP contribution is 2.07. The van der Waals surface area contributed by atoms with E-state index in [0.717, 1.165) is 0 Å². The number of hydrogen-bond acceptors (Lipinski definition) is 5. The van der Waals surface area contributed by atoms with Crippen molar-refractivity contribution >= 4 is 17.6 Å². The molecule has 1 heterocycles. The SMILES string of the molecule is Cc1cc(NC(=O)[C@H](C)NC(=O)[C@@H](N)CC(C)C)no1. The molecule has 0 aliphatic heterocycles. The van der Waals surface area contributed by atoms with Gasteiger partial charge in [0, 0.05) is 6.07 Å². The van der Waals surface area contributed by atoms with Gasteiger partial charge in [-0.25, -0.2) is 0 Å². The van der Waals surface area contributed by atoms with Crippen molar-refractivity contribution < 1.29 is 14.1 Å². The average molecular weight is 282 g/mol. The molecular formula is C13H22N4O3. The minimum Gasteiger partial charge on any atom is -0.360 e. The molecule has 0 aliphatic rings. The number of nitrogens with two attached hydrogens (primary N) is 1. The molecule has 0 bridgehead atoms. The molecule has 1 aromatic heterocycles. The van der Waals surface area contributed by atoms with Crippen molar-refractivity contribution in [2.24, 2.45) is 11.7 Å². The molecule has 0 fully saturated rings. The number of nitrogens with zero attached hydrogens (tertiary/aromatic N) is 1. The maximum absolute atomic E-state index is 11.9. The Bertz CT molecular complexity index is 470. The van der Waals surface area contributed by atoms with Gasteiger partial charge >= 0.3 is 0 Å². The van der Waals surface area contributed by atoms with Crippen molar-refractivity contribution in [1.82, 2.24) is 10.5 Å². The first kappa shape index (κ1) is 16.2. The summed E-state index contributed by atoms with van der Waals surface area (Å²) in [5.41, 5.74) is 5.75. The fraction of sp³-hybridized carbons (Fsp3) is 0.615. The second-order valence-corrected chi connectivity index (χ2v) is 5.28. The van der Waals surface area contributed by atoms with Crippen LogP contribution in [-0.2, 0) is 9.59 Å². The Morgan fingerprint density at radius 3 is 2.50 bits per heavy atom. The summed E-state index contributed by atoms with van der Waals surface area (Å²) >= 11 is 0. The van der Waals surface area contributed by atoms with Crippen LogP contribution in [0.2, 0.25) is 0 Å². The summed E-state index contributed by atoms with van der Waals surface area (Å²) in [5.74, 6) is 0.523. The zero-order valence-electron chi connectivity index (χ0n) is 12.3.